The van der Waals surface area contributed by atoms with Crippen molar-refractivity contribution in [3.63, 3.8) is 0 Å². The molecule has 0 saturated carbocycles. The molecule has 2 aromatic heterocycles. The van der Waals surface area contributed by atoms with Gasteiger partial charge < -0.3 is 20.2 Å². The SMILES string of the molecule is COc1cccc2cc([C@@H](C)Nc3cncc(C(N)=O)n3)oc12. The summed E-state index contributed by atoms with van der Waals surface area (Å²) in [5, 5.41) is 4.08. The van der Waals surface area contributed by atoms with Gasteiger partial charge in [0.15, 0.2) is 11.3 Å². The van der Waals surface area contributed by atoms with Gasteiger partial charge in [-0.15, -0.1) is 0 Å². The highest BCUT2D eigenvalue weighted by molar-refractivity contribution is 5.90. The lowest BCUT2D eigenvalue weighted by Gasteiger charge is -2.11. The second kappa shape index (κ2) is 5.96. The van der Waals surface area contributed by atoms with Crippen LogP contribution in [0.1, 0.15) is 29.2 Å². The molecule has 0 aliphatic heterocycles. The van der Waals surface area contributed by atoms with Gasteiger partial charge in [-0.3, -0.25) is 9.78 Å². The number of nitrogens with one attached hydrogen (secondary N) is 1. The number of benzene rings is 1. The summed E-state index contributed by atoms with van der Waals surface area (Å²) in [6.45, 7) is 1.92. The third kappa shape index (κ3) is 2.94. The monoisotopic (exact) mass is 312 g/mol. The van der Waals surface area contributed by atoms with Gasteiger partial charge in [0.2, 0.25) is 0 Å². The van der Waals surface area contributed by atoms with Crippen LogP contribution >= 0.6 is 0 Å². The fraction of sp³-hybridized carbons (Fsp3) is 0.188. The highest BCUT2D eigenvalue weighted by Crippen LogP contribution is 2.31. The highest BCUT2D eigenvalue weighted by atomic mass is 16.5. The lowest BCUT2D eigenvalue weighted by atomic mass is 10.2. The molecule has 0 bridgehead atoms. The maximum atomic E-state index is 11.2. The zero-order valence-corrected chi connectivity index (χ0v) is 12.7. The topological polar surface area (TPSA) is 103 Å². The molecule has 0 saturated heterocycles. The number of anilines is 1. The van der Waals surface area contributed by atoms with Crippen molar-refractivity contribution in [1.29, 1.82) is 0 Å². The standard InChI is InChI=1S/C16H16N4O3/c1-9(19-14-8-18-7-11(20-14)16(17)21)13-6-10-4-3-5-12(22-2)15(10)23-13/h3-9H,1-2H3,(H2,17,21)(H,19,20)/t9-/m1/s1. The lowest BCUT2D eigenvalue weighted by molar-refractivity contribution is 0.0995. The number of para-hydroxylation sites is 1. The zero-order chi connectivity index (χ0) is 16.4. The van der Waals surface area contributed by atoms with E-state index in [-0.39, 0.29) is 11.7 Å². The molecule has 3 rings (SSSR count). The first-order valence-electron chi connectivity index (χ1n) is 7.03. The smallest absolute Gasteiger partial charge is 0.268 e. The molecule has 7 heteroatoms. The average molecular weight is 312 g/mol. The van der Waals surface area contributed by atoms with Crippen LogP contribution in [0.3, 0.4) is 0 Å². The van der Waals surface area contributed by atoms with E-state index >= 15 is 0 Å². The van der Waals surface area contributed by atoms with Crippen LogP contribution in [0.4, 0.5) is 5.82 Å². The first-order chi connectivity index (χ1) is 11.1. The maximum absolute atomic E-state index is 11.2. The molecule has 0 aliphatic rings. The van der Waals surface area contributed by atoms with Crippen LogP contribution in [0.15, 0.2) is 41.1 Å². The van der Waals surface area contributed by atoms with Crippen molar-refractivity contribution in [2.45, 2.75) is 13.0 Å². The molecule has 1 amide bonds. The predicted molar refractivity (Wildman–Crippen MR) is 85.4 cm³/mol. The number of methoxy groups -OCH3 is 1. The molecule has 1 aromatic carbocycles. The summed E-state index contributed by atoms with van der Waals surface area (Å²) >= 11 is 0. The van der Waals surface area contributed by atoms with E-state index < -0.39 is 5.91 Å². The normalized spacial score (nSPS) is 12.1. The summed E-state index contributed by atoms with van der Waals surface area (Å²) in [6.07, 6.45) is 2.84. The van der Waals surface area contributed by atoms with E-state index in [0.717, 1.165) is 11.1 Å². The van der Waals surface area contributed by atoms with Crippen LogP contribution in [0.25, 0.3) is 11.0 Å². The van der Waals surface area contributed by atoms with Crippen molar-refractivity contribution in [3.05, 3.63) is 48.1 Å². The number of rotatable bonds is 5. The number of primary amides is 1. The number of carbonyl (C=O) groups is 1. The van der Waals surface area contributed by atoms with Gasteiger partial charge in [0.05, 0.1) is 25.5 Å². The van der Waals surface area contributed by atoms with Gasteiger partial charge in [-0.25, -0.2) is 4.98 Å². The minimum Gasteiger partial charge on any atom is -0.493 e. The molecule has 0 radical (unpaired) electrons. The average Bonchev–Trinajstić information content (AvgIpc) is 2.99. The summed E-state index contributed by atoms with van der Waals surface area (Å²) < 4.78 is 11.2. The van der Waals surface area contributed by atoms with E-state index in [1.165, 1.54) is 12.4 Å². The summed E-state index contributed by atoms with van der Waals surface area (Å²) in [7, 11) is 1.60. The lowest BCUT2D eigenvalue weighted by Crippen LogP contribution is -2.15. The third-order valence-electron chi connectivity index (χ3n) is 3.43. The van der Waals surface area contributed by atoms with Gasteiger partial charge in [-0.2, -0.15) is 0 Å². The van der Waals surface area contributed by atoms with Crippen molar-refractivity contribution < 1.29 is 13.9 Å². The zero-order valence-electron chi connectivity index (χ0n) is 12.7. The van der Waals surface area contributed by atoms with E-state index in [2.05, 4.69) is 15.3 Å². The van der Waals surface area contributed by atoms with E-state index in [4.69, 9.17) is 14.9 Å². The maximum Gasteiger partial charge on any atom is 0.268 e. The first-order valence-corrected chi connectivity index (χ1v) is 7.03. The van der Waals surface area contributed by atoms with Crippen molar-refractivity contribution in [2.75, 3.05) is 12.4 Å². The number of amides is 1. The van der Waals surface area contributed by atoms with Crippen LogP contribution < -0.4 is 15.8 Å². The number of nitrogens with two attached hydrogens (primary N) is 1. The van der Waals surface area contributed by atoms with Crippen LogP contribution in [-0.2, 0) is 0 Å². The number of furan rings is 1. The van der Waals surface area contributed by atoms with Gasteiger partial charge in [-0.05, 0) is 19.1 Å². The quantitative estimate of drug-likeness (QED) is 0.750. The number of hydrogen-bond donors (Lipinski definition) is 2. The number of aromatic nitrogens is 2. The molecule has 0 fully saturated rings. The molecule has 23 heavy (non-hydrogen) atoms. The summed E-state index contributed by atoms with van der Waals surface area (Å²) in [6, 6.07) is 7.45. The molecule has 118 valence electrons. The fourth-order valence-corrected chi connectivity index (χ4v) is 2.28. The molecule has 2 heterocycles. The van der Waals surface area contributed by atoms with Gasteiger partial charge in [0.25, 0.3) is 5.91 Å². The Balaban J connectivity index is 1.87. The summed E-state index contributed by atoms with van der Waals surface area (Å²) in [5.41, 5.74) is 6.00. The van der Waals surface area contributed by atoms with Gasteiger partial charge >= 0.3 is 0 Å². The molecule has 0 aliphatic carbocycles. The molecule has 7 nitrogen and oxygen atoms in total. The second-order valence-corrected chi connectivity index (χ2v) is 5.05. The van der Waals surface area contributed by atoms with Gasteiger partial charge in [0, 0.05) is 5.39 Å². The van der Waals surface area contributed by atoms with Crippen molar-refractivity contribution in [1.82, 2.24) is 9.97 Å². The minimum atomic E-state index is -0.623. The number of ether oxygens (including phenoxy) is 1. The van der Waals surface area contributed by atoms with Crippen molar-refractivity contribution in [2.24, 2.45) is 5.73 Å². The minimum absolute atomic E-state index is 0.105. The summed E-state index contributed by atoms with van der Waals surface area (Å²) in [5.74, 6) is 1.22. The van der Waals surface area contributed by atoms with Crippen molar-refractivity contribution >= 4 is 22.7 Å². The van der Waals surface area contributed by atoms with Crippen molar-refractivity contribution in [3.8, 4) is 5.75 Å². The molecular formula is C16H16N4O3. The van der Waals surface area contributed by atoms with Crippen LogP contribution in [-0.4, -0.2) is 23.0 Å². The first kappa shape index (κ1) is 14.8. The Morgan fingerprint density at radius 3 is 2.96 bits per heavy atom. The predicted octanol–water partition coefficient (Wildman–Crippen LogP) is 2.50. The molecular weight excluding hydrogens is 296 g/mol. The molecule has 1 atom stereocenters. The van der Waals surface area contributed by atoms with Crippen LogP contribution in [0.5, 0.6) is 5.75 Å². The molecule has 0 unspecified atom stereocenters. The van der Waals surface area contributed by atoms with E-state index in [1.54, 1.807) is 7.11 Å². The Morgan fingerprint density at radius 1 is 1.39 bits per heavy atom. The number of carbonyl (C=O) groups excluding carboxylic acids is 1. The number of hydrogen-bond acceptors (Lipinski definition) is 6. The largest absolute Gasteiger partial charge is 0.493 e. The highest BCUT2D eigenvalue weighted by Gasteiger charge is 2.15. The fourth-order valence-electron chi connectivity index (χ4n) is 2.28. The number of nitrogens with zero attached hydrogens (tertiary/aromatic N) is 2. The molecule has 0 spiro atoms. The van der Waals surface area contributed by atoms with Gasteiger partial charge in [0.1, 0.15) is 17.3 Å². The Kier molecular flexibility index (Phi) is 3.84. The van der Waals surface area contributed by atoms with Crippen LogP contribution in [0.2, 0.25) is 0 Å². The number of fused-ring (bicyclic) bond motifs is 1. The van der Waals surface area contributed by atoms with Gasteiger partial charge in [-0.1, -0.05) is 12.1 Å². The van der Waals surface area contributed by atoms with E-state index in [0.29, 0.717) is 17.2 Å². The molecule has 3 N–H and O–H groups in total. The third-order valence-corrected chi connectivity index (χ3v) is 3.43. The molecule has 3 aromatic rings. The Hall–Kier alpha value is -3.09. The Bertz CT molecular complexity index is 859. The Morgan fingerprint density at radius 2 is 2.22 bits per heavy atom. The van der Waals surface area contributed by atoms with E-state index in [9.17, 15) is 4.79 Å². The Labute approximate surface area is 132 Å². The van der Waals surface area contributed by atoms with E-state index in [1.807, 2.05) is 31.2 Å². The second-order valence-electron chi connectivity index (χ2n) is 5.05. The van der Waals surface area contributed by atoms with Crippen LogP contribution in [0, 0.1) is 0 Å². The summed E-state index contributed by atoms with van der Waals surface area (Å²) in [4.78, 5) is 19.2.